The maximum absolute atomic E-state index is 13.8. The predicted molar refractivity (Wildman–Crippen MR) is 92.1 cm³/mol. The number of non-ortho nitro benzene ring substituents is 1. The maximum atomic E-state index is 13.8. The maximum Gasteiger partial charge on any atom is 0.271 e. The van der Waals surface area contributed by atoms with Crippen LogP contribution in [0.3, 0.4) is 0 Å². The lowest BCUT2D eigenvalue weighted by atomic mass is 10.0. The molecule has 1 atom stereocenters. The molecule has 0 saturated carbocycles. The number of halogens is 1. The summed E-state index contributed by atoms with van der Waals surface area (Å²) in [5.74, 6) is -2.14. The summed E-state index contributed by atoms with van der Waals surface area (Å²) < 4.78 is 13.8. The van der Waals surface area contributed by atoms with Gasteiger partial charge in [-0.1, -0.05) is 19.9 Å². The Hall–Kier alpha value is -2.81. The van der Waals surface area contributed by atoms with Gasteiger partial charge >= 0.3 is 0 Å². The Morgan fingerprint density at radius 1 is 1.28 bits per heavy atom. The van der Waals surface area contributed by atoms with E-state index in [1.165, 1.54) is 11.3 Å². The van der Waals surface area contributed by atoms with Crippen molar-refractivity contribution in [2.45, 2.75) is 19.9 Å². The Morgan fingerprint density at radius 2 is 2.00 bits per heavy atom. The number of anilines is 1. The third kappa shape index (κ3) is 4.60. The molecule has 2 aromatic rings. The quantitative estimate of drug-likeness (QED) is 0.606. The van der Waals surface area contributed by atoms with E-state index < -0.39 is 28.6 Å². The van der Waals surface area contributed by atoms with Crippen LogP contribution in [0.4, 0.5) is 15.8 Å². The number of rotatable bonds is 6. The number of thiophene rings is 1. The van der Waals surface area contributed by atoms with Gasteiger partial charge < -0.3 is 10.6 Å². The number of nitro benzene ring substituents is 1. The van der Waals surface area contributed by atoms with Gasteiger partial charge in [0.25, 0.3) is 11.6 Å². The van der Waals surface area contributed by atoms with Gasteiger partial charge in [-0.15, -0.1) is 11.3 Å². The van der Waals surface area contributed by atoms with E-state index in [1.807, 2.05) is 0 Å². The Bertz CT molecular complexity index is 793. The van der Waals surface area contributed by atoms with Crippen molar-refractivity contribution in [3.05, 3.63) is 56.5 Å². The van der Waals surface area contributed by atoms with E-state index in [4.69, 9.17) is 0 Å². The average Bonchev–Trinajstić information content (AvgIpc) is 3.08. The molecule has 2 rings (SSSR count). The van der Waals surface area contributed by atoms with Crippen LogP contribution < -0.4 is 10.6 Å². The molecule has 9 heteroatoms. The van der Waals surface area contributed by atoms with Crippen molar-refractivity contribution in [2.24, 2.45) is 5.92 Å². The highest BCUT2D eigenvalue weighted by molar-refractivity contribution is 7.12. The molecular formula is C16H16FN3O4S. The second-order valence-corrected chi connectivity index (χ2v) is 6.53. The van der Waals surface area contributed by atoms with E-state index in [-0.39, 0.29) is 17.3 Å². The summed E-state index contributed by atoms with van der Waals surface area (Å²) in [5.41, 5.74) is -0.657. The first-order chi connectivity index (χ1) is 11.8. The van der Waals surface area contributed by atoms with Gasteiger partial charge in [0, 0.05) is 12.1 Å². The first kappa shape index (κ1) is 18.5. The van der Waals surface area contributed by atoms with E-state index in [1.54, 1.807) is 31.4 Å². The highest BCUT2D eigenvalue weighted by Crippen LogP contribution is 2.22. The van der Waals surface area contributed by atoms with E-state index in [9.17, 15) is 24.1 Å². The van der Waals surface area contributed by atoms with Gasteiger partial charge in [0.15, 0.2) is 0 Å². The van der Waals surface area contributed by atoms with Crippen LogP contribution in [0.25, 0.3) is 0 Å². The molecule has 132 valence electrons. The number of benzene rings is 1. The van der Waals surface area contributed by atoms with Gasteiger partial charge in [0.2, 0.25) is 5.91 Å². The molecule has 1 aromatic carbocycles. The largest absolute Gasteiger partial charge is 0.339 e. The molecule has 25 heavy (non-hydrogen) atoms. The molecule has 0 radical (unpaired) electrons. The van der Waals surface area contributed by atoms with Gasteiger partial charge in [-0.25, -0.2) is 4.39 Å². The summed E-state index contributed by atoms with van der Waals surface area (Å²) in [6.07, 6.45) is 0. The molecule has 0 spiro atoms. The molecule has 2 N–H and O–H groups in total. The third-order valence-electron chi connectivity index (χ3n) is 3.40. The molecule has 1 heterocycles. The van der Waals surface area contributed by atoms with Crippen molar-refractivity contribution in [1.29, 1.82) is 0 Å². The van der Waals surface area contributed by atoms with E-state index in [0.29, 0.717) is 4.88 Å². The van der Waals surface area contributed by atoms with Gasteiger partial charge in [-0.2, -0.15) is 0 Å². The zero-order valence-corrected chi connectivity index (χ0v) is 14.3. The van der Waals surface area contributed by atoms with Crippen molar-refractivity contribution in [1.82, 2.24) is 5.32 Å². The number of nitrogens with one attached hydrogen (secondary N) is 2. The number of amides is 2. The van der Waals surface area contributed by atoms with Gasteiger partial charge in [-0.3, -0.25) is 19.7 Å². The SMILES string of the molecule is CC(C)C(NC(=O)c1cccs1)C(=O)Nc1cc([N+](=O)[O-])ccc1F. The fourth-order valence-corrected chi connectivity index (χ4v) is 2.72. The molecule has 0 fully saturated rings. The monoisotopic (exact) mass is 365 g/mol. The van der Waals surface area contributed by atoms with Crippen LogP contribution in [0.2, 0.25) is 0 Å². The second-order valence-electron chi connectivity index (χ2n) is 5.58. The van der Waals surface area contributed by atoms with Crippen LogP contribution in [-0.2, 0) is 4.79 Å². The lowest BCUT2D eigenvalue weighted by molar-refractivity contribution is -0.384. The molecule has 7 nitrogen and oxygen atoms in total. The Kier molecular flexibility index (Phi) is 5.81. The predicted octanol–water partition coefficient (Wildman–Crippen LogP) is 3.19. The summed E-state index contributed by atoms with van der Waals surface area (Å²) in [6.45, 7) is 3.45. The number of nitrogens with zero attached hydrogens (tertiary/aromatic N) is 1. The van der Waals surface area contributed by atoms with Crippen LogP contribution in [0.15, 0.2) is 35.7 Å². The van der Waals surface area contributed by atoms with E-state index in [2.05, 4.69) is 10.6 Å². The summed E-state index contributed by atoms with van der Waals surface area (Å²) in [6, 6.07) is 5.25. The summed E-state index contributed by atoms with van der Waals surface area (Å²) in [5, 5.41) is 17.4. The Morgan fingerprint density at radius 3 is 2.56 bits per heavy atom. The Balaban J connectivity index is 2.17. The number of hydrogen-bond acceptors (Lipinski definition) is 5. The van der Waals surface area contributed by atoms with Gasteiger partial charge in [0.1, 0.15) is 11.9 Å². The summed E-state index contributed by atoms with van der Waals surface area (Å²) >= 11 is 1.23. The fraction of sp³-hybridized carbons (Fsp3) is 0.250. The lowest BCUT2D eigenvalue weighted by Gasteiger charge is -2.21. The van der Waals surface area contributed by atoms with Crippen LogP contribution in [0.1, 0.15) is 23.5 Å². The molecule has 0 aliphatic carbocycles. The minimum Gasteiger partial charge on any atom is -0.339 e. The van der Waals surface area contributed by atoms with Crippen LogP contribution >= 0.6 is 11.3 Å². The molecule has 0 bridgehead atoms. The van der Waals surface area contributed by atoms with Crippen LogP contribution in [-0.4, -0.2) is 22.8 Å². The standard InChI is InChI=1S/C16H16FN3O4S/c1-9(2)14(19-15(21)13-4-3-7-25-13)16(22)18-12-8-10(20(23)24)5-6-11(12)17/h3-9,14H,1-2H3,(H,18,22)(H,19,21). The van der Waals surface area contributed by atoms with Gasteiger partial charge in [0.05, 0.1) is 15.5 Å². The van der Waals surface area contributed by atoms with Crippen molar-refractivity contribution >= 4 is 34.5 Å². The van der Waals surface area contributed by atoms with Crippen LogP contribution in [0, 0.1) is 21.8 Å². The van der Waals surface area contributed by atoms with Crippen molar-refractivity contribution < 1.29 is 18.9 Å². The fourth-order valence-electron chi connectivity index (χ4n) is 2.09. The minimum atomic E-state index is -0.923. The highest BCUT2D eigenvalue weighted by Gasteiger charge is 2.26. The second kappa shape index (κ2) is 7.84. The Labute approximate surface area is 147 Å². The first-order valence-corrected chi connectivity index (χ1v) is 8.26. The van der Waals surface area contributed by atoms with Crippen LogP contribution in [0.5, 0.6) is 0 Å². The molecule has 1 unspecified atom stereocenters. The number of nitro groups is 1. The third-order valence-corrected chi connectivity index (χ3v) is 4.27. The number of carbonyl (C=O) groups excluding carboxylic acids is 2. The average molecular weight is 365 g/mol. The smallest absolute Gasteiger partial charge is 0.271 e. The van der Waals surface area contributed by atoms with E-state index in [0.717, 1.165) is 18.2 Å². The zero-order valence-electron chi connectivity index (χ0n) is 13.5. The summed E-state index contributed by atoms with van der Waals surface area (Å²) in [7, 11) is 0. The normalized spacial score (nSPS) is 11.8. The topological polar surface area (TPSA) is 101 Å². The summed E-state index contributed by atoms with van der Waals surface area (Å²) in [4.78, 5) is 35.1. The lowest BCUT2D eigenvalue weighted by Crippen LogP contribution is -2.47. The highest BCUT2D eigenvalue weighted by atomic mass is 32.1. The van der Waals surface area contributed by atoms with Crippen molar-refractivity contribution in [3.8, 4) is 0 Å². The molecular weight excluding hydrogens is 349 g/mol. The molecule has 0 aliphatic rings. The zero-order chi connectivity index (χ0) is 18.6. The first-order valence-electron chi connectivity index (χ1n) is 7.38. The molecule has 0 saturated heterocycles. The molecule has 1 aromatic heterocycles. The molecule has 2 amide bonds. The number of hydrogen-bond donors (Lipinski definition) is 2. The minimum absolute atomic E-state index is 0.273. The molecule has 0 aliphatic heterocycles. The van der Waals surface area contributed by atoms with Gasteiger partial charge in [-0.05, 0) is 23.4 Å². The van der Waals surface area contributed by atoms with E-state index >= 15 is 0 Å². The number of carbonyl (C=O) groups is 2. The van der Waals surface area contributed by atoms with Crippen molar-refractivity contribution in [3.63, 3.8) is 0 Å². The van der Waals surface area contributed by atoms with Crippen molar-refractivity contribution in [2.75, 3.05) is 5.32 Å².